The molecule has 5 heteroatoms. The van der Waals surface area contributed by atoms with Gasteiger partial charge >= 0.3 is 0 Å². The SMILES string of the molecule is CN1CC[C@@H](N(C)CCC(=O)N2CCC(C#N)(c3ccccc3)CC2)C1. The molecule has 0 bridgehead atoms. The van der Waals surface area contributed by atoms with Gasteiger partial charge in [0.2, 0.25) is 5.91 Å². The van der Waals surface area contributed by atoms with E-state index >= 15 is 0 Å². The molecule has 2 aliphatic heterocycles. The molecule has 2 aliphatic rings. The molecule has 0 radical (unpaired) electrons. The smallest absolute Gasteiger partial charge is 0.223 e. The highest BCUT2D eigenvalue weighted by Crippen LogP contribution is 2.35. The third-order valence-electron chi connectivity index (χ3n) is 6.18. The number of hydrogen-bond donors (Lipinski definition) is 0. The molecule has 0 aliphatic carbocycles. The van der Waals surface area contributed by atoms with Gasteiger partial charge in [0, 0.05) is 38.6 Å². The molecule has 0 spiro atoms. The minimum absolute atomic E-state index is 0.225. The highest BCUT2D eigenvalue weighted by Gasteiger charge is 2.37. The van der Waals surface area contributed by atoms with E-state index in [1.54, 1.807) is 0 Å². The molecule has 0 aromatic heterocycles. The summed E-state index contributed by atoms with van der Waals surface area (Å²) < 4.78 is 0. The lowest BCUT2D eigenvalue weighted by atomic mass is 9.74. The van der Waals surface area contributed by atoms with E-state index in [0.717, 1.165) is 38.0 Å². The van der Waals surface area contributed by atoms with Crippen molar-refractivity contribution in [1.82, 2.24) is 14.7 Å². The van der Waals surface area contributed by atoms with Gasteiger partial charge in [0.1, 0.15) is 0 Å². The number of hydrogen-bond acceptors (Lipinski definition) is 4. The van der Waals surface area contributed by atoms with Gasteiger partial charge in [-0.15, -0.1) is 0 Å². The minimum Gasteiger partial charge on any atom is -0.343 e. The fourth-order valence-electron chi connectivity index (χ4n) is 4.24. The molecule has 1 amide bonds. The maximum Gasteiger partial charge on any atom is 0.223 e. The van der Waals surface area contributed by atoms with Crippen molar-refractivity contribution in [3.8, 4) is 6.07 Å². The Balaban J connectivity index is 1.50. The number of nitriles is 1. The van der Waals surface area contributed by atoms with Gasteiger partial charge in [0.15, 0.2) is 0 Å². The number of piperidine rings is 1. The standard InChI is InChI=1S/C21H30N4O/c1-23-12-8-19(16-23)24(2)13-9-20(26)25-14-10-21(17-22,11-15-25)18-6-4-3-5-7-18/h3-7,19H,8-16H2,1-2H3/t19-/m1/s1. The van der Waals surface area contributed by atoms with E-state index in [-0.39, 0.29) is 5.91 Å². The molecule has 0 saturated carbocycles. The van der Waals surface area contributed by atoms with E-state index in [1.807, 2.05) is 35.2 Å². The summed E-state index contributed by atoms with van der Waals surface area (Å²) in [5.41, 5.74) is 0.642. The fourth-order valence-corrected chi connectivity index (χ4v) is 4.24. The van der Waals surface area contributed by atoms with Gasteiger partial charge in [-0.1, -0.05) is 30.3 Å². The number of likely N-dealkylation sites (N-methyl/N-ethyl adjacent to an activating group) is 2. The second-order valence-corrected chi connectivity index (χ2v) is 7.88. The van der Waals surface area contributed by atoms with Gasteiger partial charge in [-0.3, -0.25) is 4.79 Å². The Labute approximate surface area is 157 Å². The largest absolute Gasteiger partial charge is 0.343 e. The van der Waals surface area contributed by atoms with Gasteiger partial charge < -0.3 is 14.7 Å². The lowest BCUT2D eigenvalue weighted by molar-refractivity contribution is -0.132. The van der Waals surface area contributed by atoms with Crippen LogP contribution in [-0.2, 0) is 10.2 Å². The number of likely N-dealkylation sites (tertiary alicyclic amines) is 2. The van der Waals surface area contributed by atoms with Crippen molar-refractivity contribution < 1.29 is 4.79 Å². The van der Waals surface area contributed by atoms with E-state index < -0.39 is 5.41 Å². The molecule has 26 heavy (non-hydrogen) atoms. The molecule has 140 valence electrons. The van der Waals surface area contributed by atoms with Crippen LogP contribution in [0.15, 0.2) is 30.3 Å². The number of rotatable bonds is 5. The normalized spacial score (nSPS) is 23.2. The summed E-state index contributed by atoms with van der Waals surface area (Å²) in [6.45, 7) is 4.41. The molecule has 3 rings (SSSR count). The van der Waals surface area contributed by atoms with E-state index in [0.29, 0.717) is 25.6 Å². The van der Waals surface area contributed by atoms with Crippen LogP contribution >= 0.6 is 0 Å². The molecule has 2 fully saturated rings. The van der Waals surface area contributed by atoms with Gasteiger partial charge in [0.25, 0.3) is 0 Å². The maximum absolute atomic E-state index is 12.6. The first-order chi connectivity index (χ1) is 12.5. The lowest BCUT2D eigenvalue weighted by Crippen LogP contribution is -2.45. The monoisotopic (exact) mass is 354 g/mol. The summed E-state index contributed by atoms with van der Waals surface area (Å²) in [6.07, 6.45) is 3.21. The van der Waals surface area contributed by atoms with Crippen LogP contribution in [0, 0.1) is 11.3 Å². The van der Waals surface area contributed by atoms with E-state index in [2.05, 4.69) is 30.0 Å². The van der Waals surface area contributed by atoms with Crippen molar-refractivity contribution in [3.63, 3.8) is 0 Å². The Bertz CT molecular complexity index is 646. The van der Waals surface area contributed by atoms with Crippen molar-refractivity contribution >= 4 is 5.91 Å². The zero-order valence-corrected chi connectivity index (χ0v) is 16.0. The molecule has 5 nitrogen and oxygen atoms in total. The Kier molecular flexibility index (Phi) is 5.95. The van der Waals surface area contributed by atoms with Crippen molar-refractivity contribution in [1.29, 1.82) is 5.26 Å². The summed E-state index contributed by atoms with van der Waals surface area (Å²) in [4.78, 5) is 19.2. The Morgan fingerprint density at radius 2 is 1.96 bits per heavy atom. The van der Waals surface area contributed by atoms with Crippen LogP contribution in [0.4, 0.5) is 0 Å². The van der Waals surface area contributed by atoms with Gasteiger partial charge in [-0.2, -0.15) is 5.26 Å². The van der Waals surface area contributed by atoms with Crippen molar-refractivity contribution in [2.75, 3.05) is 46.8 Å². The molecule has 2 heterocycles. The predicted molar refractivity (Wildman–Crippen MR) is 103 cm³/mol. The molecule has 2 saturated heterocycles. The third kappa shape index (κ3) is 4.08. The first kappa shape index (κ1) is 18.9. The molecular formula is C21H30N4O. The topological polar surface area (TPSA) is 50.6 Å². The van der Waals surface area contributed by atoms with Crippen LogP contribution in [0.2, 0.25) is 0 Å². The zero-order chi connectivity index (χ0) is 18.6. The number of benzene rings is 1. The number of nitrogens with zero attached hydrogens (tertiary/aromatic N) is 4. The first-order valence-corrected chi connectivity index (χ1v) is 9.67. The van der Waals surface area contributed by atoms with Crippen LogP contribution in [0.5, 0.6) is 0 Å². The third-order valence-corrected chi connectivity index (χ3v) is 6.18. The summed E-state index contributed by atoms with van der Waals surface area (Å²) in [7, 11) is 4.28. The predicted octanol–water partition coefficient (Wildman–Crippen LogP) is 2.10. The Morgan fingerprint density at radius 1 is 1.27 bits per heavy atom. The van der Waals surface area contributed by atoms with E-state index in [4.69, 9.17) is 0 Å². The van der Waals surface area contributed by atoms with Crippen molar-refractivity contribution in [2.24, 2.45) is 0 Å². The van der Waals surface area contributed by atoms with Crippen LogP contribution in [0.25, 0.3) is 0 Å². The fraction of sp³-hybridized carbons (Fsp3) is 0.619. The van der Waals surface area contributed by atoms with Crippen LogP contribution in [0.3, 0.4) is 0 Å². The van der Waals surface area contributed by atoms with Crippen molar-refractivity contribution in [3.05, 3.63) is 35.9 Å². The van der Waals surface area contributed by atoms with Gasteiger partial charge in [-0.25, -0.2) is 0 Å². The van der Waals surface area contributed by atoms with Crippen LogP contribution in [-0.4, -0.2) is 73.5 Å². The second-order valence-electron chi connectivity index (χ2n) is 7.88. The molecular weight excluding hydrogens is 324 g/mol. The van der Waals surface area contributed by atoms with E-state index in [1.165, 1.54) is 6.42 Å². The van der Waals surface area contributed by atoms with Crippen molar-refractivity contribution in [2.45, 2.75) is 37.1 Å². The summed E-state index contributed by atoms with van der Waals surface area (Å²) in [5.74, 6) is 0.225. The molecule has 0 N–H and O–H groups in total. The Morgan fingerprint density at radius 3 is 2.54 bits per heavy atom. The average Bonchev–Trinajstić information content (AvgIpc) is 3.13. The van der Waals surface area contributed by atoms with Crippen LogP contribution in [0.1, 0.15) is 31.2 Å². The summed E-state index contributed by atoms with van der Waals surface area (Å²) in [6, 6.07) is 13.1. The molecule has 1 atom stereocenters. The molecule has 1 aromatic rings. The molecule has 0 unspecified atom stereocenters. The Hall–Kier alpha value is -1.90. The minimum atomic E-state index is -0.441. The lowest BCUT2D eigenvalue weighted by Gasteiger charge is -2.38. The highest BCUT2D eigenvalue weighted by atomic mass is 16.2. The number of carbonyl (C=O) groups is 1. The quantitative estimate of drug-likeness (QED) is 0.812. The highest BCUT2D eigenvalue weighted by molar-refractivity contribution is 5.76. The van der Waals surface area contributed by atoms with Crippen LogP contribution < -0.4 is 0 Å². The molecule has 1 aromatic carbocycles. The number of amides is 1. The number of carbonyl (C=O) groups excluding carboxylic acids is 1. The van der Waals surface area contributed by atoms with Gasteiger partial charge in [0.05, 0.1) is 11.5 Å². The first-order valence-electron chi connectivity index (χ1n) is 9.67. The maximum atomic E-state index is 12.6. The summed E-state index contributed by atoms with van der Waals surface area (Å²) in [5, 5.41) is 9.77. The average molecular weight is 354 g/mol. The van der Waals surface area contributed by atoms with E-state index in [9.17, 15) is 10.1 Å². The zero-order valence-electron chi connectivity index (χ0n) is 16.0. The van der Waals surface area contributed by atoms with Gasteiger partial charge in [-0.05, 0) is 45.5 Å². The second kappa shape index (κ2) is 8.20. The summed E-state index contributed by atoms with van der Waals surface area (Å²) >= 11 is 0.